The molecular weight excluding hydrogens is 304 g/mol. The minimum absolute atomic E-state index is 0.211. The first kappa shape index (κ1) is 17.8. The Balaban J connectivity index is 1.82. The zero-order chi connectivity index (χ0) is 17.5. The van der Waals surface area contributed by atoms with E-state index < -0.39 is 0 Å². The molecule has 0 saturated heterocycles. The van der Waals surface area contributed by atoms with Crippen LogP contribution < -0.4 is 15.4 Å². The van der Waals surface area contributed by atoms with Crippen LogP contribution in [0.3, 0.4) is 0 Å². The van der Waals surface area contributed by atoms with Gasteiger partial charge in [-0.2, -0.15) is 5.10 Å². The van der Waals surface area contributed by atoms with Crippen LogP contribution in [0.2, 0.25) is 0 Å². The molecule has 1 heterocycles. The van der Waals surface area contributed by atoms with E-state index in [1.165, 1.54) is 11.3 Å². The van der Waals surface area contributed by atoms with Crippen molar-refractivity contribution in [3.8, 4) is 5.75 Å². The average Bonchev–Trinajstić information content (AvgIpc) is 2.84. The van der Waals surface area contributed by atoms with Crippen molar-refractivity contribution in [1.82, 2.24) is 15.1 Å². The largest absolute Gasteiger partial charge is 0.494 e. The summed E-state index contributed by atoms with van der Waals surface area (Å²) in [7, 11) is 0. The first-order valence-electron chi connectivity index (χ1n) is 8.35. The van der Waals surface area contributed by atoms with Crippen molar-refractivity contribution in [3.63, 3.8) is 0 Å². The van der Waals surface area contributed by atoms with Gasteiger partial charge in [-0.15, -0.1) is 0 Å². The Morgan fingerprint density at radius 2 is 1.92 bits per heavy atom. The monoisotopic (exact) mass is 330 g/mol. The minimum atomic E-state index is -0.211. The van der Waals surface area contributed by atoms with E-state index in [4.69, 9.17) is 4.74 Å². The molecule has 0 bridgehead atoms. The fourth-order valence-corrected chi connectivity index (χ4v) is 2.68. The standard InChI is InChI=1S/C18H26N4O2/c1-5-22-14(4)17(13(3)21-22)11-12-19-18(23)20-15-7-9-16(10-8-15)24-6-2/h7-10H,5-6,11-12H2,1-4H3,(H2,19,20,23). The van der Waals surface area contributed by atoms with Gasteiger partial charge in [-0.3, -0.25) is 4.68 Å². The van der Waals surface area contributed by atoms with Crippen LogP contribution in [0.5, 0.6) is 5.75 Å². The third-order valence-corrected chi connectivity index (χ3v) is 3.91. The lowest BCUT2D eigenvalue weighted by atomic mass is 10.1. The summed E-state index contributed by atoms with van der Waals surface area (Å²) in [6, 6.07) is 7.11. The van der Waals surface area contributed by atoms with E-state index in [9.17, 15) is 4.79 Å². The number of urea groups is 1. The number of ether oxygens (including phenoxy) is 1. The van der Waals surface area contributed by atoms with Gasteiger partial charge in [0.25, 0.3) is 0 Å². The summed E-state index contributed by atoms with van der Waals surface area (Å²) in [5, 5.41) is 10.2. The Bertz CT molecular complexity index is 677. The van der Waals surface area contributed by atoms with Gasteiger partial charge in [-0.05, 0) is 63.9 Å². The molecule has 0 saturated carbocycles. The number of nitrogens with zero attached hydrogens (tertiary/aromatic N) is 2. The average molecular weight is 330 g/mol. The van der Waals surface area contributed by atoms with Crippen molar-refractivity contribution >= 4 is 11.7 Å². The molecule has 0 radical (unpaired) electrons. The van der Waals surface area contributed by atoms with E-state index >= 15 is 0 Å². The number of nitrogens with one attached hydrogen (secondary N) is 2. The molecule has 130 valence electrons. The van der Waals surface area contributed by atoms with Crippen LogP contribution in [-0.4, -0.2) is 29.0 Å². The zero-order valence-corrected chi connectivity index (χ0v) is 14.8. The highest BCUT2D eigenvalue weighted by molar-refractivity contribution is 5.89. The molecule has 6 heteroatoms. The maximum absolute atomic E-state index is 12.0. The molecule has 1 aromatic heterocycles. The molecule has 0 spiro atoms. The number of carbonyl (C=O) groups excluding carboxylic acids is 1. The van der Waals surface area contributed by atoms with E-state index in [1.54, 1.807) is 0 Å². The SMILES string of the molecule is CCOc1ccc(NC(=O)NCCc2c(C)nn(CC)c2C)cc1. The van der Waals surface area contributed by atoms with Gasteiger partial charge in [-0.25, -0.2) is 4.79 Å². The molecule has 0 aliphatic heterocycles. The lowest BCUT2D eigenvalue weighted by molar-refractivity contribution is 0.252. The van der Waals surface area contributed by atoms with Crippen LogP contribution in [0.1, 0.15) is 30.8 Å². The summed E-state index contributed by atoms with van der Waals surface area (Å²) in [6.07, 6.45) is 0.772. The molecule has 0 unspecified atom stereocenters. The number of anilines is 1. The predicted molar refractivity (Wildman–Crippen MR) is 95.7 cm³/mol. The number of carbonyl (C=O) groups is 1. The number of aryl methyl sites for hydroxylation is 2. The topological polar surface area (TPSA) is 68.2 Å². The van der Waals surface area contributed by atoms with Gasteiger partial charge in [0.15, 0.2) is 0 Å². The summed E-state index contributed by atoms with van der Waals surface area (Å²) >= 11 is 0. The Morgan fingerprint density at radius 1 is 1.21 bits per heavy atom. The molecule has 2 rings (SSSR count). The fourth-order valence-electron chi connectivity index (χ4n) is 2.68. The molecule has 2 aromatic rings. The number of rotatable bonds is 7. The van der Waals surface area contributed by atoms with Crippen molar-refractivity contribution < 1.29 is 9.53 Å². The number of hydrogen-bond acceptors (Lipinski definition) is 3. The summed E-state index contributed by atoms with van der Waals surface area (Å²) < 4.78 is 7.37. The Labute approximate surface area is 143 Å². The third kappa shape index (κ3) is 4.50. The third-order valence-electron chi connectivity index (χ3n) is 3.91. The van der Waals surface area contributed by atoms with Crippen LogP contribution in [0.4, 0.5) is 10.5 Å². The summed E-state index contributed by atoms with van der Waals surface area (Å²) in [6.45, 7) is 10.1. The lowest BCUT2D eigenvalue weighted by Crippen LogP contribution is -2.30. The molecule has 2 N–H and O–H groups in total. The molecule has 24 heavy (non-hydrogen) atoms. The molecular formula is C18H26N4O2. The van der Waals surface area contributed by atoms with Gasteiger partial charge in [0.05, 0.1) is 12.3 Å². The highest BCUT2D eigenvalue weighted by atomic mass is 16.5. The van der Waals surface area contributed by atoms with Crippen molar-refractivity contribution in [1.29, 1.82) is 0 Å². The number of amides is 2. The van der Waals surface area contributed by atoms with Gasteiger partial charge < -0.3 is 15.4 Å². The minimum Gasteiger partial charge on any atom is -0.494 e. The van der Waals surface area contributed by atoms with Crippen molar-refractivity contribution in [2.45, 2.75) is 40.7 Å². The Hall–Kier alpha value is -2.50. The quantitative estimate of drug-likeness (QED) is 0.818. The number of benzene rings is 1. The van der Waals surface area contributed by atoms with Crippen LogP contribution in [0, 0.1) is 13.8 Å². The second kappa shape index (κ2) is 8.38. The van der Waals surface area contributed by atoms with Crippen LogP contribution in [0.25, 0.3) is 0 Å². The van der Waals surface area contributed by atoms with E-state index in [2.05, 4.69) is 29.6 Å². The summed E-state index contributed by atoms with van der Waals surface area (Å²) in [5.74, 6) is 0.794. The molecule has 2 amide bonds. The van der Waals surface area contributed by atoms with E-state index in [-0.39, 0.29) is 6.03 Å². The van der Waals surface area contributed by atoms with Crippen molar-refractivity contribution in [2.75, 3.05) is 18.5 Å². The second-order valence-electron chi connectivity index (χ2n) is 5.55. The molecule has 0 fully saturated rings. The zero-order valence-electron chi connectivity index (χ0n) is 14.8. The van der Waals surface area contributed by atoms with Gasteiger partial charge in [0.2, 0.25) is 0 Å². The highest BCUT2D eigenvalue weighted by Gasteiger charge is 2.10. The predicted octanol–water partition coefficient (Wildman–Crippen LogP) is 3.28. The molecule has 0 atom stereocenters. The highest BCUT2D eigenvalue weighted by Crippen LogP contribution is 2.16. The maximum Gasteiger partial charge on any atom is 0.319 e. The van der Waals surface area contributed by atoms with E-state index in [0.29, 0.717) is 13.2 Å². The van der Waals surface area contributed by atoms with Gasteiger partial charge in [0, 0.05) is 24.5 Å². The number of aromatic nitrogens is 2. The van der Waals surface area contributed by atoms with Gasteiger partial charge in [-0.1, -0.05) is 0 Å². The van der Waals surface area contributed by atoms with Crippen LogP contribution >= 0.6 is 0 Å². The molecule has 1 aromatic carbocycles. The molecule has 6 nitrogen and oxygen atoms in total. The smallest absolute Gasteiger partial charge is 0.319 e. The van der Waals surface area contributed by atoms with E-state index in [1.807, 2.05) is 42.8 Å². The Morgan fingerprint density at radius 3 is 2.50 bits per heavy atom. The first-order valence-corrected chi connectivity index (χ1v) is 8.35. The fraction of sp³-hybridized carbons (Fsp3) is 0.444. The van der Waals surface area contributed by atoms with Crippen LogP contribution in [-0.2, 0) is 13.0 Å². The lowest BCUT2D eigenvalue weighted by Gasteiger charge is -2.09. The second-order valence-corrected chi connectivity index (χ2v) is 5.55. The van der Waals surface area contributed by atoms with Crippen molar-refractivity contribution in [3.05, 3.63) is 41.2 Å². The van der Waals surface area contributed by atoms with Gasteiger partial charge >= 0.3 is 6.03 Å². The molecule has 0 aliphatic rings. The summed E-state index contributed by atoms with van der Waals surface area (Å²) in [4.78, 5) is 12.0. The first-order chi connectivity index (χ1) is 11.5. The van der Waals surface area contributed by atoms with Crippen molar-refractivity contribution in [2.24, 2.45) is 0 Å². The Kier molecular flexibility index (Phi) is 6.23. The normalized spacial score (nSPS) is 10.5. The van der Waals surface area contributed by atoms with Gasteiger partial charge in [0.1, 0.15) is 5.75 Å². The number of hydrogen-bond donors (Lipinski definition) is 2. The summed E-state index contributed by atoms with van der Waals surface area (Å²) in [5.41, 5.74) is 4.15. The van der Waals surface area contributed by atoms with Crippen LogP contribution in [0.15, 0.2) is 24.3 Å². The van der Waals surface area contributed by atoms with E-state index in [0.717, 1.165) is 30.1 Å². The molecule has 0 aliphatic carbocycles. The maximum atomic E-state index is 12.0.